The largest absolute Gasteiger partial charge is 0.267 e. The molecule has 3 nitrogen and oxygen atoms in total. The maximum atomic E-state index is 10.6. The van der Waals surface area contributed by atoms with E-state index in [1.165, 1.54) is 6.92 Å². The van der Waals surface area contributed by atoms with Crippen LogP contribution < -0.4 is 0 Å². The summed E-state index contributed by atoms with van der Waals surface area (Å²) in [4.78, 5) is 0. The van der Waals surface area contributed by atoms with Crippen molar-refractivity contribution in [2.24, 2.45) is 0 Å². The minimum Gasteiger partial charge on any atom is -0.266 e. The van der Waals surface area contributed by atoms with E-state index < -0.39 is 20.5 Å². The monoisotopic (exact) mass is 240 g/mol. The molecule has 7 heteroatoms. The highest BCUT2D eigenvalue weighted by Crippen LogP contribution is 2.26. The van der Waals surface area contributed by atoms with Crippen LogP contribution in [0.2, 0.25) is 0 Å². The third-order valence-corrected chi connectivity index (χ3v) is 2.27. The Morgan fingerprint density at radius 2 is 1.82 bits per heavy atom. The topological polar surface area (TPSA) is 43.4 Å². The summed E-state index contributed by atoms with van der Waals surface area (Å²) in [5.41, 5.74) is 0. The van der Waals surface area contributed by atoms with Gasteiger partial charge in [-0.3, -0.25) is 4.18 Å². The van der Waals surface area contributed by atoms with E-state index in [4.69, 9.17) is 34.8 Å². The van der Waals surface area contributed by atoms with E-state index >= 15 is 0 Å². The van der Waals surface area contributed by atoms with Crippen LogP contribution in [0, 0.1) is 0 Å². The first-order valence-electron chi connectivity index (χ1n) is 2.70. The van der Waals surface area contributed by atoms with E-state index in [0.717, 1.165) is 0 Å². The highest BCUT2D eigenvalue weighted by atomic mass is 35.6. The average molecular weight is 242 g/mol. The van der Waals surface area contributed by atoms with Gasteiger partial charge in [-0.1, -0.05) is 34.8 Å². The van der Waals surface area contributed by atoms with Crippen molar-refractivity contribution in [1.82, 2.24) is 0 Å². The van der Waals surface area contributed by atoms with Crippen LogP contribution in [0.3, 0.4) is 0 Å². The molecule has 0 heterocycles. The standard InChI is InChI=1S/C4H7Cl3O3S/c1-2-11(8,9)10-3-4(5,6)7/h2-3H2,1H3. The lowest BCUT2D eigenvalue weighted by Crippen LogP contribution is -2.18. The fourth-order valence-electron chi connectivity index (χ4n) is 0.240. The van der Waals surface area contributed by atoms with Gasteiger partial charge in [0.2, 0.25) is 3.79 Å². The van der Waals surface area contributed by atoms with Crippen LogP contribution in [0.15, 0.2) is 0 Å². The molecule has 0 amide bonds. The van der Waals surface area contributed by atoms with Crippen LogP contribution >= 0.6 is 34.8 Å². The van der Waals surface area contributed by atoms with Crippen molar-refractivity contribution in [3.05, 3.63) is 0 Å². The zero-order valence-electron chi connectivity index (χ0n) is 5.68. The molecule has 0 N–H and O–H groups in total. The van der Waals surface area contributed by atoms with Gasteiger partial charge in [-0.15, -0.1) is 0 Å². The first kappa shape index (κ1) is 11.8. The van der Waals surface area contributed by atoms with Crippen LogP contribution in [0.1, 0.15) is 6.92 Å². The molecule has 0 aliphatic carbocycles. The van der Waals surface area contributed by atoms with Crippen LogP contribution in [0.4, 0.5) is 0 Å². The molecule has 0 atom stereocenters. The molecule has 0 aromatic heterocycles. The van der Waals surface area contributed by atoms with Gasteiger partial charge in [0.15, 0.2) is 0 Å². The predicted molar refractivity (Wildman–Crippen MR) is 45.7 cm³/mol. The second kappa shape index (κ2) is 4.14. The number of rotatable bonds is 3. The normalized spacial score (nSPS) is 13.5. The third kappa shape index (κ3) is 7.15. The lowest BCUT2D eigenvalue weighted by Gasteiger charge is -2.09. The SMILES string of the molecule is CCS(=O)(=O)OCC(Cl)(Cl)Cl. The minimum atomic E-state index is -3.51. The molecule has 0 radical (unpaired) electrons. The summed E-state index contributed by atoms with van der Waals surface area (Å²) >= 11 is 15.7. The fraction of sp³-hybridized carbons (Fsp3) is 1.00. The van der Waals surface area contributed by atoms with Crippen LogP contribution in [0.5, 0.6) is 0 Å². The molecule has 0 saturated carbocycles. The molecule has 0 bridgehead atoms. The van der Waals surface area contributed by atoms with E-state index in [9.17, 15) is 8.42 Å². The molecule has 0 aliphatic rings. The third-order valence-electron chi connectivity index (χ3n) is 0.756. The Morgan fingerprint density at radius 1 is 1.36 bits per heavy atom. The fourth-order valence-corrected chi connectivity index (χ4v) is 1.12. The van der Waals surface area contributed by atoms with E-state index in [1.54, 1.807) is 0 Å². The summed E-state index contributed by atoms with van der Waals surface area (Å²) in [6.45, 7) is 0.988. The first-order chi connectivity index (χ1) is 4.77. The maximum absolute atomic E-state index is 10.6. The van der Waals surface area contributed by atoms with E-state index in [-0.39, 0.29) is 5.75 Å². The van der Waals surface area contributed by atoms with Gasteiger partial charge in [0.1, 0.15) is 6.61 Å². The average Bonchev–Trinajstić information content (AvgIpc) is 1.83. The molecule has 0 unspecified atom stereocenters. The second-order valence-corrected chi connectivity index (χ2v) is 6.17. The van der Waals surface area contributed by atoms with Crippen molar-refractivity contribution in [3.63, 3.8) is 0 Å². The molecule has 68 valence electrons. The van der Waals surface area contributed by atoms with Crippen molar-refractivity contribution >= 4 is 44.9 Å². The molecular formula is C4H7Cl3O3S. The Hall–Kier alpha value is 0.780. The van der Waals surface area contributed by atoms with Crippen molar-refractivity contribution in [1.29, 1.82) is 0 Å². The molecule has 0 saturated heterocycles. The van der Waals surface area contributed by atoms with Gasteiger partial charge in [0.25, 0.3) is 10.1 Å². The highest BCUT2D eigenvalue weighted by molar-refractivity contribution is 7.86. The lowest BCUT2D eigenvalue weighted by molar-refractivity contribution is 0.326. The number of alkyl halides is 3. The molecule has 0 rings (SSSR count). The van der Waals surface area contributed by atoms with Gasteiger partial charge in [0, 0.05) is 0 Å². The zero-order chi connectivity index (χ0) is 9.12. The molecule has 0 aromatic carbocycles. The Labute approximate surface area is 80.7 Å². The van der Waals surface area contributed by atoms with Crippen molar-refractivity contribution in [2.45, 2.75) is 10.7 Å². The van der Waals surface area contributed by atoms with Crippen LogP contribution in [0.25, 0.3) is 0 Å². The maximum Gasteiger partial charge on any atom is 0.267 e. The zero-order valence-corrected chi connectivity index (χ0v) is 8.77. The summed E-state index contributed by atoms with van der Waals surface area (Å²) in [7, 11) is -3.51. The number of hydrogen-bond acceptors (Lipinski definition) is 3. The van der Waals surface area contributed by atoms with Crippen molar-refractivity contribution in [3.8, 4) is 0 Å². The Kier molecular flexibility index (Phi) is 4.43. The highest BCUT2D eigenvalue weighted by Gasteiger charge is 2.23. The predicted octanol–water partition coefficient (Wildman–Crippen LogP) is 1.72. The lowest BCUT2D eigenvalue weighted by atomic mass is 10.9. The van der Waals surface area contributed by atoms with Gasteiger partial charge >= 0.3 is 0 Å². The Bertz CT molecular complexity index is 205. The Balaban J connectivity index is 3.91. The molecule has 0 aliphatic heterocycles. The molecule has 0 spiro atoms. The molecule has 0 fully saturated rings. The van der Waals surface area contributed by atoms with Crippen molar-refractivity contribution < 1.29 is 12.6 Å². The van der Waals surface area contributed by atoms with Gasteiger partial charge in [-0.2, -0.15) is 8.42 Å². The summed E-state index contributed by atoms with van der Waals surface area (Å²) in [6, 6.07) is 0. The summed E-state index contributed by atoms with van der Waals surface area (Å²) in [6.07, 6.45) is 0. The van der Waals surface area contributed by atoms with Gasteiger partial charge in [-0.05, 0) is 6.92 Å². The quantitative estimate of drug-likeness (QED) is 0.558. The number of halogens is 3. The first-order valence-corrected chi connectivity index (χ1v) is 5.42. The van der Waals surface area contributed by atoms with Gasteiger partial charge in [0.05, 0.1) is 5.75 Å². The van der Waals surface area contributed by atoms with E-state index in [0.29, 0.717) is 0 Å². The number of hydrogen-bond donors (Lipinski definition) is 0. The Morgan fingerprint density at radius 3 is 2.09 bits per heavy atom. The molecular weight excluding hydrogens is 234 g/mol. The molecule has 0 aromatic rings. The van der Waals surface area contributed by atoms with Crippen molar-refractivity contribution in [2.75, 3.05) is 12.4 Å². The summed E-state index contributed by atoms with van der Waals surface area (Å²) in [5.74, 6) is -0.131. The van der Waals surface area contributed by atoms with Crippen LogP contribution in [-0.4, -0.2) is 24.6 Å². The van der Waals surface area contributed by atoms with E-state index in [1.807, 2.05) is 0 Å². The van der Waals surface area contributed by atoms with E-state index in [2.05, 4.69) is 4.18 Å². The molecule has 11 heavy (non-hydrogen) atoms. The summed E-state index contributed by atoms with van der Waals surface area (Å²) < 4.78 is 23.9. The summed E-state index contributed by atoms with van der Waals surface area (Å²) in [5, 5.41) is 0. The minimum absolute atomic E-state index is 0.131. The van der Waals surface area contributed by atoms with Gasteiger partial charge in [-0.25, -0.2) is 0 Å². The van der Waals surface area contributed by atoms with Gasteiger partial charge < -0.3 is 0 Å². The smallest absolute Gasteiger partial charge is 0.266 e. The van der Waals surface area contributed by atoms with Crippen LogP contribution in [-0.2, 0) is 14.3 Å². The second-order valence-electron chi connectivity index (χ2n) is 1.72.